The molecule has 4 nitrogen and oxygen atoms in total. The second-order valence-electron chi connectivity index (χ2n) is 5.13. The highest BCUT2D eigenvalue weighted by Gasteiger charge is 2.27. The summed E-state index contributed by atoms with van der Waals surface area (Å²) in [5.74, 6) is 1.57. The van der Waals surface area contributed by atoms with E-state index in [2.05, 4.69) is 41.3 Å². The SMILES string of the molecule is CCN(CCNC(=NC)NCC(C)C)C1CC1.I. The van der Waals surface area contributed by atoms with Crippen molar-refractivity contribution in [1.82, 2.24) is 15.5 Å². The minimum Gasteiger partial charge on any atom is -0.356 e. The van der Waals surface area contributed by atoms with Gasteiger partial charge in [0.15, 0.2) is 5.96 Å². The van der Waals surface area contributed by atoms with E-state index in [9.17, 15) is 0 Å². The third-order valence-corrected chi connectivity index (χ3v) is 3.06. The van der Waals surface area contributed by atoms with Crippen molar-refractivity contribution in [3.63, 3.8) is 0 Å². The van der Waals surface area contributed by atoms with Crippen LogP contribution in [-0.2, 0) is 0 Å². The fourth-order valence-corrected chi connectivity index (χ4v) is 1.88. The van der Waals surface area contributed by atoms with Crippen molar-refractivity contribution in [2.45, 2.75) is 39.7 Å². The molecular weight excluding hydrogens is 339 g/mol. The summed E-state index contributed by atoms with van der Waals surface area (Å²) in [6, 6.07) is 0.854. The van der Waals surface area contributed by atoms with Gasteiger partial charge in [0.1, 0.15) is 0 Å². The van der Waals surface area contributed by atoms with Gasteiger partial charge in [-0.2, -0.15) is 0 Å². The topological polar surface area (TPSA) is 39.7 Å². The number of aliphatic imine (C=N–C) groups is 1. The Kier molecular flexibility index (Phi) is 9.81. The highest BCUT2D eigenvalue weighted by atomic mass is 127. The Bertz CT molecular complexity index is 239. The quantitative estimate of drug-likeness (QED) is 0.410. The first-order chi connectivity index (χ1) is 8.17. The van der Waals surface area contributed by atoms with Crippen LogP contribution in [0.4, 0.5) is 0 Å². The van der Waals surface area contributed by atoms with Gasteiger partial charge in [-0.1, -0.05) is 20.8 Å². The molecule has 0 aromatic heterocycles. The van der Waals surface area contributed by atoms with Crippen molar-refractivity contribution < 1.29 is 0 Å². The first-order valence-electron chi connectivity index (χ1n) is 6.86. The monoisotopic (exact) mass is 368 g/mol. The third kappa shape index (κ3) is 7.41. The van der Waals surface area contributed by atoms with E-state index >= 15 is 0 Å². The van der Waals surface area contributed by atoms with Crippen LogP contribution in [-0.4, -0.2) is 50.1 Å². The molecule has 0 atom stereocenters. The van der Waals surface area contributed by atoms with Crippen LogP contribution >= 0.6 is 24.0 Å². The molecule has 0 radical (unpaired) electrons. The lowest BCUT2D eigenvalue weighted by atomic mass is 10.2. The summed E-state index contributed by atoms with van der Waals surface area (Å²) in [6.45, 7) is 10.9. The molecule has 0 aromatic carbocycles. The zero-order valence-corrected chi connectivity index (χ0v) is 14.5. The van der Waals surface area contributed by atoms with E-state index in [0.717, 1.165) is 38.2 Å². The van der Waals surface area contributed by atoms with Crippen molar-refractivity contribution in [3.8, 4) is 0 Å². The summed E-state index contributed by atoms with van der Waals surface area (Å²) in [5.41, 5.74) is 0. The molecular formula is C13H29IN4. The third-order valence-electron chi connectivity index (χ3n) is 3.06. The Morgan fingerprint density at radius 2 is 2.00 bits per heavy atom. The first kappa shape index (κ1) is 18.0. The van der Waals surface area contributed by atoms with Crippen LogP contribution in [0.1, 0.15) is 33.6 Å². The second-order valence-corrected chi connectivity index (χ2v) is 5.13. The van der Waals surface area contributed by atoms with Crippen LogP contribution in [0.15, 0.2) is 4.99 Å². The van der Waals surface area contributed by atoms with Crippen molar-refractivity contribution in [3.05, 3.63) is 0 Å². The number of likely N-dealkylation sites (N-methyl/N-ethyl adjacent to an activating group) is 1. The van der Waals surface area contributed by atoms with E-state index in [0.29, 0.717) is 5.92 Å². The van der Waals surface area contributed by atoms with Gasteiger partial charge in [0, 0.05) is 32.7 Å². The maximum atomic E-state index is 4.22. The summed E-state index contributed by atoms with van der Waals surface area (Å²) in [4.78, 5) is 6.76. The molecule has 0 amide bonds. The number of hydrogen-bond donors (Lipinski definition) is 2. The van der Waals surface area contributed by atoms with Crippen molar-refractivity contribution in [2.24, 2.45) is 10.9 Å². The Hall–Kier alpha value is -0.0400. The number of rotatable bonds is 7. The van der Waals surface area contributed by atoms with Crippen molar-refractivity contribution in [1.29, 1.82) is 0 Å². The molecule has 2 N–H and O–H groups in total. The van der Waals surface area contributed by atoms with E-state index in [1.54, 1.807) is 0 Å². The number of halogens is 1. The van der Waals surface area contributed by atoms with Crippen LogP contribution in [0.2, 0.25) is 0 Å². The first-order valence-corrected chi connectivity index (χ1v) is 6.86. The Balaban J connectivity index is 0.00000289. The molecule has 0 aliphatic heterocycles. The highest BCUT2D eigenvalue weighted by Crippen LogP contribution is 2.25. The average molecular weight is 368 g/mol. The van der Waals surface area contributed by atoms with E-state index in [1.165, 1.54) is 12.8 Å². The van der Waals surface area contributed by atoms with Gasteiger partial charge >= 0.3 is 0 Å². The zero-order valence-electron chi connectivity index (χ0n) is 12.2. The van der Waals surface area contributed by atoms with Crippen LogP contribution in [0.25, 0.3) is 0 Å². The van der Waals surface area contributed by atoms with Gasteiger partial charge in [-0.05, 0) is 25.3 Å². The van der Waals surface area contributed by atoms with Gasteiger partial charge in [0.05, 0.1) is 0 Å². The maximum Gasteiger partial charge on any atom is 0.191 e. The van der Waals surface area contributed by atoms with Crippen molar-refractivity contribution >= 4 is 29.9 Å². The predicted octanol–water partition coefficient (Wildman–Crippen LogP) is 1.91. The number of nitrogens with one attached hydrogen (secondary N) is 2. The summed E-state index contributed by atoms with van der Waals surface area (Å²) in [7, 11) is 1.83. The molecule has 18 heavy (non-hydrogen) atoms. The number of guanidine groups is 1. The summed E-state index contributed by atoms with van der Waals surface area (Å²) >= 11 is 0. The summed E-state index contributed by atoms with van der Waals surface area (Å²) in [6.07, 6.45) is 2.77. The predicted molar refractivity (Wildman–Crippen MR) is 89.9 cm³/mol. The van der Waals surface area contributed by atoms with Crippen LogP contribution in [0.5, 0.6) is 0 Å². The fourth-order valence-electron chi connectivity index (χ4n) is 1.88. The molecule has 5 heteroatoms. The van der Waals surface area contributed by atoms with Crippen LogP contribution in [0, 0.1) is 5.92 Å². The molecule has 1 rings (SSSR count). The van der Waals surface area contributed by atoms with Gasteiger partial charge in [-0.25, -0.2) is 0 Å². The van der Waals surface area contributed by atoms with Gasteiger partial charge in [-0.3, -0.25) is 9.89 Å². The lowest BCUT2D eigenvalue weighted by Crippen LogP contribution is -2.43. The molecule has 1 saturated carbocycles. The highest BCUT2D eigenvalue weighted by molar-refractivity contribution is 14.0. The largest absolute Gasteiger partial charge is 0.356 e. The molecule has 1 aliphatic carbocycles. The molecule has 108 valence electrons. The molecule has 0 spiro atoms. The minimum absolute atomic E-state index is 0. The van der Waals surface area contributed by atoms with E-state index in [4.69, 9.17) is 0 Å². The molecule has 0 bridgehead atoms. The molecule has 1 fully saturated rings. The summed E-state index contributed by atoms with van der Waals surface area (Å²) in [5, 5.41) is 6.70. The second kappa shape index (κ2) is 9.83. The number of hydrogen-bond acceptors (Lipinski definition) is 2. The number of nitrogens with zero attached hydrogens (tertiary/aromatic N) is 2. The Morgan fingerprint density at radius 1 is 1.33 bits per heavy atom. The zero-order chi connectivity index (χ0) is 12.7. The smallest absolute Gasteiger partial charge is 0.191 e. The van der Waals surface area contributed by atoms with Gasteiger partial charge in [-0.15, -0.1) is 24.0 Å². The van der Waals surface area contributed by atoms with Crippen LogP contribution < -0.4 is 10.6 Å². The fraction of sp³-hybridized carbons (Fsp3) is 0.923. The minimum atomic E-state index is 0. The van der Waals surface area contributed by atoms with Gasteiger partial charge in [0.2, 0.25) is 0 Å². The van der Waals surface area contributed by atoms with Crippen molar-refractivity contribution in [2.75, 3.05) is 33.2 Å². The Labute approximate surface area is 129 Å². The Morgan fingerprint density at radius 3 is 2.44 bits per heavy atom. The molecule has 0 aromatic rings. The van der Waals surface area contributed by atoms with Gasteiger partial charge in [0.25, 0.3) is 0 Å². The standard InChI is InChI=1S/C13H28N4.HI/c1-5-17(12-6-7-12)9-8-15-13(14-4)16-10-11(2)3;/h11-12H,5-10H2,1-4H3,(H2,14,15,16);1H. The lowest BCUT2D eigenvalue weighted by molar-refractivity contribution is 0.282. The van der Waals surface area contributed by atoms with E-state index < -0.39 is 0 Å². The molecule has 0 unspecified atom stereocenters. The normalized spacial score (nSPS) is 15.8. The van der Waals surface area contributed by atoms with Gasteiger partial charge < -0.3 is 10.6 Å². The lowest BCUT2D eigenvalue weighted by Gasteiger charge is -2.21. The van der Waals surface area contributed by atoms with E-state index in [-0.39, 0.29) is 24.0 Å². The van der Waals surface area contributed by atoms with Crippen LogP contribution in [0.3, 0.4) is 0 Å². The maximum absolute atomic E-state index is 4.22. The molecule has 0 heterocycles. The summed E-state index contributed by atoms with van der Waals surface area (Å²) < 4.78 is 0. The molecule has 1 aliphatic rings. The average Bonchev–Trinajstić information content (AvgIpc) is 3.12. The molecule has 0 saturated heterocycles. The van der Waals surface area contributed by atoms with E-state index in [1.807, 2.05) is 7.05 Å².